The second kappa shape index (κ2) is 4.69. The van der Waals surface area contributed by atoms with Crippen molar-refractivity contribution in [2.24, 2.45) is 5.73 Å². The summed E-state index contributed by atoms with van der Waals surface area (Å²) in [5.74, 6) is -0.448. The summed E-state index contributed by atoms with van der Waals surface area (Å²) in [6.45, 7) is 0. The maximum atomic E-state index is 12.2. The van der Waals surface area contributed by atoms with Gasteiger partial charge in [0.2, 0.25) is 0 Å². The molecule has 3 nitrogen and oxygen atoms in total. The molecule has 0 fully saturated rings. The molecule has 1 amide bonds. The molecule has 20 heavy (non-hydrogen) atoms. The van der Waals surface area contributed by atoms with Gasteiger partial charge in [0.25, 0.3) is 5.91 Å². The second-order valence-corrected chi connectivity index (χ2v) is 5.12. The van der Waals surface area contributed by atoms with Crippen molar-refractivity contribution in [1.82, 2.24) is 5.32 Å². The normalized spacial score (nSPS) is 20.1. The first-order valence-corrected chi connectivity index (χ1v) is 6.62. The molecule has 0 saturated heterocycles. The number of rotatable bonds is 2. The largest absolute Gasteiger partial charge is 0.370 e. The third-order valence-electron chi connectivity index (χ3n) is 3.57. The van der Waals surface area contributed by atoms with Crippen molar-refractivity contribution in [2.45, 2.75) is 5.54 Å². The summed E-state index contributed by atoms with van der Waals surface area (Å²) in [5, 5.41) is 3.74. The molecule has 0 spiro atoms. The first-order chi connectivity index (χ1) is 9.64. The Hall–Kier alpha value is -2.26. The zero-order chi connectivity index (χ0) is 14.2. The van der Waals surface area contributed by atoms with Gasteiger partial charge < -0.3 is 11.1 Å². The highest BCUT2D eigenvalue weighted by atomic mass is 35.5. The van der Waals surface area contributed by atoms with Crippen LogP contribution in [0.1, 0.15) is 16.7 Å². The highest BCUT2D eigenvalue weighted by molar-refractivity contribution is 6.30. The Bertz CT molecular complexity index is 694. The first kappa shape index (κ1) is 12.8. The van der Waals surface area contributed by atoms with E-state index < -0.39 is 11.4 Å². The summed E-state index contributed by atoms with van der Waals surface area (Å²) < 4.78 is 0. The minimum Gasteiger partial charge on any atom is -0.370 e. The molecule has 0 aromatic heterocycles. The molecule has 2 aromatic rings. The van der Waals surface area contributed by atoms with E-state index in [-0.39, 0.29) is 0 Å². The van der Waals surface area contributed by atoms with E-state index in [1.807, 2.05) is 42.5 Å². The number of nitrogens with two attached hydrogens (primary N) is 1. The van der Waals surface area contributed by atoms with Crippen LogP contribution >= 0.6 is 11.6 Å². The van der Waals surface area contributed by atoms with Crippen molar-refractivity contribution in [1.29, 1.82) is 0 Å². The molecular weight excluding hydrogens is 272 g/mol. The smallest absolute Gasteiger partial charge is 0.252 e. The lowest BCUT2D eigenvalue weighted by molar-refractivity contribution is -0.122. The van der Waals surface area contributed by atoms with Gasteiger partial charge in [-0.3, -0.25) is 4.79 Å². The van der Waals surface area contributed by atoms with Crippen molar-refractivity contribution in [2.75, 3.05) is 0 Å². The Morgan fingerprint density at radius 2 is 1.80 bits per heavy atom. The van der Waals surface area contributed by atoms with Crippen molar-refractivity contribution < 1.29 is 4.79 Å². The standard InChI is InChI=1S/C16H13ClN2O/c17-13-7-5-12(6-8-13)16(15(18)20)14-4-2-1-3-11(14)9-10-19-16/h1-10,19H,(H2,18,20). The van der Waals surface area contributed by atoms with Gasteiger partial charge in [-0.25, -0.2) is 0 Å². The SMILES string of the molecule is NC(=O)C1(c2ccc(Cl)cc2)NC=Cc2ccccc21. The number of fused-ring (bicyclic) bond motifs is 1. The van der Waals surface area contributed by atoms with Crippen molar-refractivity contribution in [3.63, 3.8) is 0 Å². The number of benzene rings is 2. The average molecular weight is 285 g/mol. The molecule has 100 valence electrons. The van der Waals surface area contributed by atoms with Crippen LogP contribution in [0.25, 0.3) is 6.08 Å². The molecule has 3 rings (SSSR count). The minimum absolute atomic E-state index is 0.448. The van der Waals surface area contributed by atoms with Crippen LogP contribution < -0.4 is 11.1 Å². The Morgan fingerprint density at radius 1 is 1.10 bits per heavy atom. The number of carbonyl (C=O) groups excluding carboxylic acids is 1. The number of primary amides is 1. The Kier molecular flexibility index (Phi) is 2.99. The molecule has 0 bridgehead atoms. The van der Waals surface area contributed by atoms with E-state index in [0.29, 0.717) is 5.02 Å². The van der Waals surface area contributed by atoms with E-state index >= 15 is 0 Å². The fourth-order valence-electron chi connectivity index (χ4n) is 2.60. The average Bonchev–Trinajstić information content (AvgIpc) is 2.47. The zero-order valence-corrected chi connectivity index (χ0v) is 11.4. The van der Waals surface area contributed by atoms with Gasteiger partial charge in [-0.1, -0.05) is 48.0 Å². The Labute approximate surface area is 122 Å². The highest BCUT2D eigenvalue weighted by Gasteiger charge is 2.42. The number of carbonyl (C=O) groups is 1. The van der Waals surface area contributed by atoms with Crippen LogP contribution in [-0.4, -0.2) is 5.91 Å². The van der Waals surface area contributed by atoms with E-state index in [4.69, 9.17) is 17.3 Å². The molecule has 1 unspecified atom stereocenters. The Balaban J connectivity index is 2.27. The van der Waals surface area contributed by atoms with Crippen LogP contribution in [0, 0.1) is 0 Å². The topological polar surface area (TPSA) is 55.1 Å². The lowest BCUT2D eigenvalue weighted by Crippen LogP contribution is -2.53. The molecule has 1 aliphatic rings. The molecule has 2 aromatic carbocycles. The summed E-state index contributed by atoms with van der Waals surface area (Å²) in [6.07, 6.45) is 3.67. The fraction of sp³-hybridized carbons (Fsp3) is 0.0625. The van der Waals surface area contributed by atoms with Gasteiger partial charge in [-0.05, 0) is 41.1 Å². The van der Waals surface area contributed by atoms with E-state index in [0.717, 1.165) is 16.7 Å². The zero-order valence-electron chi connectivity index (χ0n) is 10.6. The van der Waals surface area contributed by atoms with Crippen molar-refractivity contribution in [3.05, 3.63) is 76.4 Å². The molecule has 1 atom stereocenters. The maximum Gasteiger partial charge on any atom is 0.252 e. The molecule has 1 aliphatic heterocycles. The maximum absolute atomic E-state index is 12.2. The quantitative estimate of drug-likeness (QED) is 0.891. The van der Waals surface area contributed by atoms with Crippen LogP contribution in [0.15, 0.2) is 54.7 Å². The fourth-order valence-corrected chi connectivity index (χ4v) is 2.73. The lowest BCUT2D eigenvalue weighted by Gasteiger charge is -2.35. The number of hydrogen-bond acceptors (Lipinski definition) is 2. The summed E-state index contributed by atoms with van der Waals surface area (Å²) >= 11 is 5.93. The minimum atomic E-state index is -1.06. The summed E-state index contributed by atoms with van der Waals surface area (Å²) in [6, 6.07) is 14.8. The van der Waals surface area contributed by atoms with Crippen molar-refractivity contribution in [3.8, 4) is 0 Å². The van der Waals surface area contributed by atoms with Gasteiger partial charge in [0.05, 0.1) is 0 Å². The number of hydrogen-bond donors (Lipinski definition) is 2. The lowest BCUT2D eigenvalue weighted by atomic mass is 9.78. The van der Waals surface area contributed by atoms with E-state index in [9.17, 15) is 4.79 Å². The van der Waals surface area contributed by atoms with Gasteiger partial charge in [0.15, 0.2) is 5.54 Å². The Morgan fingerprint density at radius 3 is 2.50 bits per heavy atom. The number of halogens is 1. The number of amides is 1. The van der Waals surface area contributed by atoms with Crippen LogP contribution in [0.5, 0.6) is 0 Å². The molecule has 0 saturated carbocycles. The van der Waals surface area contributed by atoms with Gasteiger partial charge in [-0.2, -0.15) is 0 Å². The molecule has 4 heteroatoms. The molecule has 0 aliphatic carbocycles. The predicted octanol–water partition coefficient (Wildman–Crippen LogP) is 2.64. The van der Waals surface area contributed by atoms with Gasteiger partial charge in [-0.15, -0.1) is 0 Å². The molecule has 0 radical (unpaired) electrons. The predicted molar refractivity (Wildman–Crippen MR) is 80.0 cm³/mol. The number of nitrogens with one attached hydrogen (secondary N) is 1. The summed E-state index contributed by atoms with van der Waals surface area (Å²) in [7, 11) is 0. The third kappa shape index (κ3) is 1.79. The van der Waals surface area contributed by atoms with Crippen LogP contribution in [0.3, 0.4) is 0 Å². The molecular formula is C16H13ClN2O. The monoisotopic (exact) mass is 284 g/mol. The van der Waals surface area contributed by atoms with Crippen LogP contribution in [0.4, 0.5) is 0 Å². The van der Waals surface area contributed by atoms with Crippen LogP contribution in [0.2, 0.25) is 5.02 Å². The van der Waals surface area contributed by atoms with E-state index in [2.05, 4.69) is 5.32 Å². The third-order valence-corrected chi connectivity index (χ3v) is 3.83. The van der Waals surface area contributed by atoms with Gasteiger partial charge >= 0.3 is 0 Å². The summed E-state index contributed by atoms with van der Waals surface area (Å²) in [4.78, 5) is 12.2. The second-order valence-electron chi connectivity index (χ2n) is 4.69. The van der Waals surface area contributed by atoms with Crippen LogP contribution in [-0.2, 0) is 10.3 Å². The van der Waals surface area contributed by atoms with Gasteiger partial charge in [0, 0.05) is 5.02 Å². The van der Waals surface area contributed by atoms with Gasteiger partial charge in [0.1, 0.15) is 0 Å². The highest BCUT2D eigenvalue weighted by Crippen LogP contribution is 2.35. The molecule has 3 N–H and O–H groups in total. The van der Waals surface area contributed by atoms with E-state index in [1.54, 1.807) is 18.3 Å². The van der Waals surface area contributed by atoms with Crippen molar-refractivity contribution >= 4 is 23.6 Å². The summed E-state index contributed by atoms with van der Waals surface area (Å²) in [5.41, 5.74) is 7.25. The van der Waals surface area contributed by atoms with E-state index in [1.165, 1.54) is 0 Å². The first-order valence-electron chi connectivity index (χ1n) is 6.24. The molecule has 1 heterocycles.